The Morgan fingerprint density at radius 1 is 0.735 bits per heavy atom. The van der Waals surface area contributed by atoms with E-state index < -0.39 is 0 Å². The summed E-state index contributed by atoms with van der Waals surface area (Å²) in [5.41, 5.74) is 4.12. The molecule has 2 amide bonds. The number of hydrogen-bond acceptors (Lipinski definition) is 9. The molecule has 0 aliphatic carbocycles. The van der Waals surface area contributed by atoms with Crippen molar-refractivity contribution < 1.29 is 4.79 Å². The predicted molar refractivity (Wildman–Crippen MR) is 143 cm³/mol. The summed E-state index contributed by atoms with van der Waals surface area (Å²) in [7, 11) is 0. The first kappa shape index (κ1) is 24.1. The van der Waals surface area contributed by atoms with Gasteiger partial charge in [0.1, 0.15) is 10.0 Å². The fourth-order valence-electron chi connectivity index (χ4n) is 2.89. The number of aryl methyl sites for hydroxylation is 4. The predicted octanol–water partition coefficient (Wildman–Crippen LogP) is 5.91. The Morgan fingerprint density at radius 3 is 1.88 bits per heavy atom. The van der Waals surface area contributed by atoms with Crippen LogP contribution in [0.4, 0.5) is 26.4 Å². The van der Waals surface area contributed by atoms with Crippen LogP contribution in [0.25, 0.3) is 0 Å². The number of nitrogens with one attached hydrogen (secondary N) is 3. The molecule has 0 saturated carbocycles. The van der Waals surface area contributed by atoms with Crippen LogP contribution in [0.1, 0.15) is 21.1 Å². The van der Waals surface area contributed by atoms with E-state index in [1.165, 1.54) is 16.9 Å². The second-order valence-electron chi connectivity index (χ2n) is 7.55. The second-order valence-corrected chi connectivity index (χ2v) is 10.9. The van der Waals surface area contributed by atoms with Crippen molar-refractivity contribution in [2.24, 2.45) is 0 Å². The normalized spacial score (nSPS) is 10.8. The first-order chi connectivity index (χ1) is 16.5. The lowest BCUT2D eigenvalue weighted by molar-refractivity contribution is 0.262. The van der Waals surface area contributed by atoms with E-state index in [-0.39, 0.29) is 6.03 Å². The highest BCUT2D eigenvalue weighted by Gasteiger charge is 2.09. The Balaban J connectivity index is 1.13. The molecule has 0 radical (unpaired) electrons. The Kier molecular flexibility index (Phi) is 8.45. The molecule has 4 rings (SSSR count). The van der Waals surface area contributed by atoms with Crippen LogP contribution in [-0.4, -0.2) is 37.9 Å². The van der Waals surface area contributed by atoms with E-state index >= 15 is 0 Å². The molecule has 0 fully saturated rings. The molecule has 0 unspecified atom stereocenters. The molecule has 0 saturated heterocycles. The van der Waals surface area contributed by atoms with Crippen LogP contribution in [0.15, 0.2) is 48.5 Å². The lowest BCUT2D eigenvalue weighted by atomic mass is 10.2. The number of aromatic nitrogens is 4. The molecule has 4 aromatic rings. The van der Waals surface area contributed by atoms with Crippen LogP contribution in [0.3, 0.4) is 0 Å². The molecule has 2 aromatic heterocycles. The number of rotatable bonds is 10. The highest BCUT2D eigenvalue weighted by atomic mass is 32.2. The summed E-state index contributed by atoms with van der Waals surface area (Å²) in [4.78, 5) is 12.1. The first-order valence-corrected chi connectivity index (χ1v) is 13.5. The average molecular weight is 512 g/mol. The van der Waals surface area contributed by atoms with Crippen LogP contribution in [-0.2, 0) is 12.8 Å². The third-order valence-electron chi connectivity index (χ3n) is 4.69. The second kappa shape index (κ2) is 11.9. The maximum absolute atomic E-state index is 12.1. The number of nitrogens with zero attached hydrogens (tertiary/aromatic N) is 4. The molecule has 8 nitrogen and oxygen atoms in total. The third kappa shape index (κ3) is 7.51. The minimum Gasteiger partial charge on any atom is -0.330 e. The topological polar surface area (TPSA) is 105 Å². The number of carbonyl (C=O) groups is 1. The van der Waals surface area contributed by atoms with E-state index in [0.717, 1.165) is 56.4 Å². The smallest absolute Gasteiger partial charge is 0.325 e. The van der Waals surface area contributed by atoms with E-state index in [4.69, 9.17) is 0 Å². The maximum Gasteiger partial charge on any atom is 0.325 e. The Hall–Kier alpha value is -3.02. The molecule has 11 heteroatoms. The maximum atomic E-state index is 12.1. The Morgan fingerprint density at radius 2 is 1.26 bits per heavy atom. The standard InChI is InChI=1S/C23H25N7OS3/c1-15-3-7-17(8-4-15)24-21(31)26-23-30-28-20(34-23)12-14-32-13-11-19-27-29-22(33-19)25-18-9-5-16(2)6-10-18/h3-10H,11-14H2,1-2H3,(H,25,29)(H2,24,26,30,31). The average Bonchev–Trinajstić information content (AvgIpc) is 3.46. The van der Waals surface area contributed by atoms with Gasteiger partial charge in [-0.05, 0) is 49.6 Å². The van der Waals surface area contributed by atoms with Gasteiger partial charge in [0.25, 0.3) is 0 Å². The molecule has 0 aliphatic rings. The number of hydrogen-bond donors (Lipinski definition) is 3. The summed E-state index contributed by atoms with van der Waals surface area (Å²) < 4.78 is 0. The van der Waals surface area contributed by atoms with Crippen molar-refractivity contribution in [2.75, 3.05) is 27.5 Å². The van der Waals surface area contributed by atoms with Crippen LogP contribution >= 0.6 is 34.4 Å². The van der Waals surface area contributed by atoms with Gasteiger partial charge < -0.3 is 10.6 Å². The quantitative estimate of drug-likeness (QED) is 0.227. The lowest BCUT2D eigenvalue weighted by Gasteiger charge is -2.05. The van der Waals surface area contributed by atoms with Crippen molar-refractivity contribution in [1.82, 2.24) is 20.4 Å². The molecular formula is C23H25N7OS3. The zero-order chi connectivity index (χ0) is 23.8. The lowest BCUT2D eigenvalue weighted by Crippen LogP contribution is -2.19. The highest BCUT2D eigenvalue weighted by molar-refractivity contribution is 7.99. The molecular weight excluding hydrogens is 487 g/mol. The van der Waals surface area contributed by atoms with Gasteiger partial charge in [0.2, 0.25) is 10.3 Å². The van der Waals surface area contributed by atoms with Crippen molar-refractivity contribution >= 4 is 62.1 Å². The Labute approximate surface area is 210 Å². The monoisotopic (exact) mass is 511 g/mol. The molecule has 2 heterocycles. The number of urea groups is 1. The van der Waals surface area contributed by atoms with Gasteiger partial charge in [-0.1, -0.05) is 58.1 Å². The summed E-state index contributed by atoms with van der Waals surface area (Å²) >= 11 is 4.82. The van der Waals surface area contributed by atoms with E-state index in [1.807, 2.05) is 55.1 Å². The van der Waals surface area contributed by atoms with Gasteiger partial charge in [-0.3, -0.25) is 5.32 Å². The number of amides is 2. The molecule has 0 bridgehead atoms. The van der Waals surface area contributed by atoms with Gasteiger partial charge in [-0.15, -0.1) is 20.4 Å². The summed E-state index contributed by atoms with van der Waals surface area (Å²) in [6, 6.07) is 15.5. The van der Waals surface area contributed by atoms with Gasteiger partial charge in [0.15, 0.2) is 0 Å². The number of carbonyl (C=O) groups excluding carboxylic acids is 1. The van der Waals surface area contributed by atoms with Gasteiger partial charge >= 0.3 is 6.03 Å². The molecule has 0 aliphatic heterocycles. The van der Waals surface area contributed by atoms with E-state index in [2.05, 4.69) is 55.4 Å². The van der Waals surface area contributed by atoms with Crippen LogP contribution in [0.5, 0.6) is 0 Å². The van der Waals surface area contributed by atoms with Crippen molar-refractivity contribution in [2.45, 2.75) is 26.7 Å². The largest absolute Gasteiger partial charge is 0.330 e. The van der Waals surface area contributed by atoms with E-state index in [1.54, 1.807) is 11.3 Å². The van der Waals surface area contributed by atoms with Crippen LogP contribution in [0.2, 0.25) is 0 Å². The van der Waals surface area contributed by atoms with Gasteiger partial charge in [-0.25, -0.2) is 4.79 Å². The summed E-state index contributed by atoms with van der Waals surface area (Å²) in [5, 5.41) is 28.8. The van der Waals surface area contributed by atoms with Crippen molar-refractivity contribution in [3.05, 3.63) is 69.7 Å². The molecule has 3 N–H and O–H groups in total. The SMILES string of the molecule is Cc1ccc(NC(=O)Nc2nnc(CCSCCc3nnc(Nc4ccc(C)cc4)s3)s2)cc1. The van der Waals surface area contributed by atoms with Crippen molar-refractivity contribution in [3.8, 4) is 0 Å². The minimum absolute atomic E-state index is 0.325. The first-order valence-electron chi connectivity index (χ1n) is 10.7. The third-order valence-corrected chi connectivity index (χ3v) is 7.47. The van der Waals surface area contributed by atoms with Crippen molar-refractivity contribution in [1.29, 1.82) is 0 Å². The van der Waals surface area contributed by atoms with Crippen LogP contribution < -0.4 is 16.0 Å². The number of thioether (sulfide) groups is 1. The van der Waals surface area contributed by atoms with Gasteiger partial charge in [0.05, 0.1) is 0 Å². The molecule has 0 atom stereocenters. The molecule has 2 aromatic carbocycles. The molecule has 176 valence electrons. The molecule has 34 heavy (non-hydrogen) atoms. The van der Waals surface area contributed by atoms with E-state index in [0.29, 0.717) is 5.13 Å². The number of benzene rings is 2. The fourth-order valence-corrected chi connectivity index (χ4v) is 5.52. The van der Waals surface area contributed by atoms with Gasteiger partial charge in [-0.2, -0.15) is 11.8 Å². The zero-order valence-electron chi connectivity index (χ0n) is 18.9. The summed E-state index contributed by atoms with van der Waals surface area (Å²) in [6.45, 7) is 4.07. The zero-order valence-corrected chi connectivity index (χ0v) is 21.3. The minimum atomic E-state index is -0.325. The number of anilines is 4. The fraction of sp³-hybridized carbons (Fsp3) is 0.261. The summed E-state index contributed by atoms with van der Waals surface area (Å²) in [5.74, 6) is 1.89. The summed E-state index contributed by atoms with van der Waals surface area (Å²) in [6.07, 6.45) is 1.68. The van der Waals surface area contributed by atoms with Crippen LogP contribution in [0, 0.1) is 13.8 Å². The van der Waals surface area contributed by atoms with Gasteiger partial charge in [0, 0.05) is 24.2 Å². The highest BCUT2D eigenvalue weighted by Crippen LogP contribution is 2.23. The Bertz CT molecular complexity index is 1210. The van der Waals surface area contributed by atoms with Crippen molar-refractivity contribution in [3.63, 3.8) is 0 Å². The van der Waals surface area contributed by atoms with E-state index in [9.17, 15) is 4.79 Å². The molecule has 0 spiro atoms.